The van der Waals surface area contributed by atoms with Crippen molar-refractivity contribution in [2.24, 2.45) is 0 Å². The van der Waals surface area contributed by atoms with Gasteiger partial charge in [0.1, 0.15) is 5.75 Å². The summed E-state index contributed by atoms with van der Waals surface area (Å²) in [5.74, 6) is 1.08. The molecule has 1 aromatic heterocycles. The maximum absolute atomic E-state index is 9.03. The number of pyridine rings is 1. The Kier molecular flexibility index (Phi) is 3.71. The summed E-state index contributed by atoms with van der Waals surface area (Å²) in [7, 11) is 1.52. The van der Waals surface area contributed by atoms with Gasteiger partial charge in [0.2, 0.25) is 5.88 Å². The minimum atomic E-state index is -0.106. The van der Waals surface area contributed by atoms with E-state index in [1.165, 1.54) is 7.11 Å². The zero-order chi connectivity index (χ0) is 10.6. The normalized spacial score (nSPS) is 10.4. The van der Waals surface area contributed by atoms with Crippen molar-refractivity contribution in [2.45, 2.75) is 26.6 Å². The molecule has 0 aliphatic carbocycles. The molecule has 0 saturated heterocycles. The van der Waals surface area contributed by atoms with Crippen molar-refractivity contribution in [1.82, 2.24) is 4.98 Å². The zero-order valence-electron chi connectivity index (χ0n) is 8.65. The third-order valence-corrected chi connectivity index (χ3v) is 1.64. The second kappa shape index (κ2) is 4.81. The Morgan fingerprint density at radius 3 is 2.71 bits per heavy atom. The fourth-order valence-corrected chi connectivity index (χ4v) is 1.11. The van der Waals surface area contributed by atoms with Crippen LogP contribution in [0.2, 0.25) is 0 Å². The molecule has 0 atom stereocenters. The first-order valence-corrected chi connectivity index (χ1v) is 4.47. The lowest BCUT2D eigenvalue weighted by atomic mass is 10.3. The molecule has 1 heterocycles. The van der Waals surface area contributed by atoms with E-state index in [1.54, 1.807) is 12.3 Å². The van der Waals surface area contributed by atoms with E-state index >= 15 is 0 Å². The molecule has 0 amide bonds. The molecule has 78 valence electrons. The van der Waals surface area contributed by atoms with Crippen LogP contribution in [0.3, 0.4) is 0 Å². The topological polar surface area (TPSA) is 51.6 Å². The van der Waals surface area contributed by atoms with Crippen LogP contribution < -0.4 is 9.47 Å². The highest BCUT2D eigenvalue weighted by molar-refractivity contribution is 5.32. The van der Waals surface area contributed by atoms with Gasteiger partial charge in [-0.3, -0.25) is 0 Å². The molecule has 0 aliphatic rings. The SMILES string of the molecule is COc1ncc(OC(C)C)cc1CO. The maximum atomic E-state index is 9.03. The van der Waals surface area contributed by atoms with Gasteiger partial charge in [-0.05, 0) is 19.9 Å². The predicted molar refractivity (Wildman–Crippen MR) is 52.5 cm³/mol. The van der Waals surface area contributed by atoms with E-state index in [4.69, 9.17) is 14.6 Å². The van der Waals surface area contributed by atoms with Gasteiger partial charge < -0.3 is 14.6 Å². The number of hydrogen-bond donors (Lipinski definition) is 1. The first kappa shape index (κ1) is 10.8. The molecule has 0 unspecified atom stereocenters. The Hall–Kier alpha value is -1.29. The standard InChI is InChI=1S/C10H15NO3/c1-7(2)14-9-4-8(6-12)10(13-3)11-5-9/h4-5,7,12H,6H2,1-3H3. The molecule has 1 N–H and O–H groups in total. The van der Waals surface area contributed by atoms with Gasteiger partial charge >= 0.3 is 0 Å². The monoisotopic (exact) mass is 197 g/mol. The average Bonchev–Trinajstić information content (AvgIpc) is 2.16. The van der Waals surface area contributed by atoms with Crippen molar-refractivity contribution in [3.8, 4) is 11.6 Å². The van der Waals surface area contributed by atoms with E-state index < -0.39 is 0 Å². The summed E-state index contributed by atoms with van der Waals surface area (Å²) in [6.07, 6.45) is 1.68. The Morgan fingerprint density at radius 1 is 1.50 bits per heavy atom. The summed E-state index contributed by atoms with van der Waals surface area (Å²) in [4.78, 5) is 4.01. The van der Waals surface area contributed by atoms with Crippen molar-refractivity contribution < 1.29 is 14.6 Å². The van der Waals surface area contributed by atoms with E-state index in [9.17, 15) is 0 Å². The van der Waals surface area contributed by atoms with Crippen LogP contribution >= 0.6 is 0 Å². The van der Waals surface area contributed by atoms with Crippen LogP contribution in [0, 0.1) is 0 Å². The molecular weight excluding hydrogens is 182 g/mol. The molecule has 14 heavy (non-hydrogen) atoms. The fourth-order valence-electron chi connectivity index (χ4n) is 1.11. The third kappa shape index (κ3) is 2.60. The van der Waals surface area contributed by atoms with Gasteiger partial charge in [0.25, 0.3) is 0 Å². The molecule has 4 nitrogen and oxygen atoms in total. The second-order valence-corrected chi connectivity index (χ2v) is 3.16. The van der Waals surface area contributed by atoms with E-state index in [1.807, 2.05) is 13.8 Å². The molecule has 0 fully saturated rings. The lowest BCUT2D eigenvalue weighted by Crippen LogP contribution is -2.06. The van der Waals surface area contributed by atoms with Crippen molar-refractivity contribution in [2.75, 3.05) is 7.11 Å². The van der Waals surface area contributed by atoms with E-state index in [0.717, 1.165) is 0 Å². The van der Waals surface area contributed by atoms with Crippen molar-refractivity contribution >= 4 is 0 Å². The van der Waals surface area contributed by atoms with Crippen LogP contribution in [0.4, 0.5) is 0 Å². The number of rotatable bonds is 4. The van der Waals surface area contributed by atoms with Crippen LogP contribution in [-0.4, -0.2) is 23.3 Å². The minimum absolute atomic E-state index is 0.0942. The summed E-state index contributed by atoms with van der Waals surface area (Å²) in [5, 5.41) is 9.03. The number of nitrogens with zero attached hydrogens (tertiary/aromatic N) is 1. The number of aliphatic hydroxyl groups is 1. The smallest absolute Gasteiger partial charge is 0.218 e. The van der Waals surface area contributed by atoms with E-state index in [2.05, 4.69) is 4.98 Å². The number of methoxy groups -OCH3 is 1. The summed E-state index contributed by atoms with van der Waals surface area (Å²) < 4.78 is 10.4. The maximum Gasteiger partial charge on any atom is 0.218 e. The largest absolute Gasteiger partial charge is 0.489 e. The molecule has 0 bridgehead atoms. The minimum Gasteiger partial charge on any atom is -0.489 e. The van der Waals surface area contributed by atoms with Gasteiger partial charge in [0.05, 0.1) is 26.0 Å². The highest BCUT2D eigenvalue weighted by Crippen LogP contribution is 2.21. The zero-order valence-corrected chi connectivity index (χ0v) is 8.65. The first-order valence-electron chi connectivity index (χ1n) is 4.47. The number of ether oxygens (including phenoxy) is 2. The second-order valence-electron chi connectivity index (χ2n) is 3.16. The number of aliphatic hydroxyl groups excluding tert-OH is 1. The summed E-state index contributed by atoms with van der Waals surface area (Å²) >= 11 is 0. The van der Waals surface area contributed by atoms with Crippen LogP contribution in [-0.2, 0) is 6.61 Å². The molecule has 0 aromatic carbocycles. The highest BCUT2D eigenvalue weighted by Gasteiger charge is 2.06. The lowest BCUT2D eigenvalue weighted by Gasteiger charge is -2.11. The molecule has 1 rings (SSSR count). The number of aromatic nitrogens is 1. The van der Waals surface area contributed by atoms with Crippen LogP contribution in [0.25, 0.3) is 0 Å². The molecular formula is C10H15NO3. The van der Waals surface area contributed by atoms with Crippen molar-refractivity contribution in [3.05, 3.63) is 17.8 Å². The fraction of sp³-hybridized carbons (Fsp3) is 0.500. The summed E-state index contributed by atoms with van der Waals surface area (Å²) in [6, 6.07) is 1.73. The van der Waals surface area contributed by atoms with Gasteiger partial charge in [0, 0.05) is 5.56 Å². The number of hydrogen-bond acceptors (Lipinski definition) is 4. The van der Waals surface area contributed by atoms with Crippen molar-refractivity contribution in [3.63, 3.8) is 0 Å². The average molecular weight is 197 g/mol. The Morgan fingerprint density at radius 2 is 2.21 bits per heavy atom. The molecule has 0 radical (unpaired) electrons. The Labute approximate surface area is 83.5 Å². The first-order chi connectivity index (χ1) is 6.67. The third-order valence-electron chi connectivity index (χ3n) is 1.64. The highest BCUT2D eigenvalue weighted by atomic mass is 16.5. The van der Waals surface area contributed by atoms with Crippen LogP contribution in [0.5, 0.6) is 11.6 Å². The molecule has 0 aliphatic heterocycles. The van der Waals surface area contributed by atoms with Gasteiger partial charge in [-0.1, -0.05) is 0 Å². The summed E-state index contributed by atoms with van der Waals surface area (Å²) in [5.41, 5.74) is 0.630. The van der Waals surface area contributed by atoms with Crippen LogP contribution in [0.15, 0.2) is 12.3 Å². The van der Waals surface area contributed by atoms with E-state index in [0.29, 0.717) is 17.2 Å². The van der Waals surface area contributed by atoms with Crippen molar-refractivity contribution in [1.29, 1.82) is 0 Å². The van der Waals surface area contributed by atoms with Gasteiger partial charge in [0.15, 0.2) is 0 Å². The van der Waals surface area contributed by atoms with Crippen LogP contribution in [0.1, 0.15) is 19.4 Å². The van der Waals surface area contributed by atoms with E-state index in [-0.39, 0.29) is 12.7 Å². The van der Waals surface area contributed by atoms with Gasteiger partial charge in [-0.2, -0.15) is 0 Å². The molecule has 0 saturated carbocycles. The Bertz CT molecular complexity index is 299. The molecule has 4 heteroatoms. The molecule has 0 spiro atoms. The predicted octanol–water partition coefficient (Wildman–Crippen LogP) is 1.37. The Balaban J connectivity index is 2.89. The van der Waals surface area contributed by atoms with Gasteiger partial charge in [-0.15, -0.1) is 0 Å². The summed E-state index contributed by atoms with van der Waals surface area (Å²) in [6.45, 7) is 3.76. The molecule has 1 aromatic rings. The van der Waals surface area contributed by atoms with Gasteiger partial charge in [-0.25, -0.2) is 4.98 Å². The quantitative estimate of drug-likeness (QED) is 0.792. The lowest BCUT2D eigenvalue weighted by molar-refractivity contribution is 0.236.